The summed E-state index contributed by atoms with van der Waals surface area (Å²) in [5.41, 5.74) is 4.17. The molecule has 0 aliphatic heterocycles. The van der Waals surface area contributed by atoms with E-state index in [0.717, 1.165) is 16.6 Å². The zero-order valence-corrected chi connectivity index (χ0v) is 22.1. The SMILES string of the molecule is COc1cccc(C(C(=O)NC(C)(C)C)N(C(=O)Cn2nnc3ccccc32)c2cc(C)cc(C)c2)c1. The number of methoxy groups -OCH3 is 1. The quantitative estimate of drug-likeness (QED) is 0.397. The maximum Gasteiger partial charge on any atom is 0.249 e. The van der Waals surface area contributed by atoms with Crippen molar-refractivity contribution in [3.8, 4) is 5.75 Å². The Morgan fingerprint density at radius 1 is 1.00 bits per heavy atom. The van der Waals surface area contributed by atoms with Crippen LogP contribution in [0.1, 0.15) is 43.5 Å². The topological polar surface area (TPSA) is 89.4 Å². The minimum Gasteiger partial charge on any atom is -0.497 e. The van der Waals surface area contributed by atoms with E-state index in [0.29, 0.717) is 22.5 Å². The number of fused-ring (bicyclic) bond motifs is 1. The molecule has 1 heterocycles. The number of rotatable bonds is 7. The van der Waals surface area contributed by atoms with E-state index in [1.807, 2.05) is 95.3 Å². The first kappa shape index (κ1) is 25.9. The number of amides is 2. The lowest BCUT2D eigenvalue weighted by atomic mass is 9.99. The molecule has 4 rings (SSSR count). The van der Waals surface area contributed by atoms with Crippen LogP contribution >= 0.6 is 0 Å². The number of carbonyl (C=O) groups excluding carboxylic acids is 2. The molecule has 1 N–H and O–H groups in total. The number of nitrogens with zero attached hydrogens (tertiary/aromatic N) is 4. The normalized spacial score (nSPS) is 12.3. The molecule has 0 saturated heterocycles. The number of carbonyl (C=O) groups is 2. The van der Waals surface area contributed by atoms with Gasteiger partial charge in [-0.05, 0) is 87.7 Å². The maximum absolute atomic E-state index is 14.1. The third kappa shape index (κ3) is 5.97. The average molecular weight is 500 g/mol. The van der Waals surface area contributed by atoms with Crippen molar-refractivity contribution in [3.63, 3.8) is 0 Å². The van der Waals surface area contributed by atoms with E-state index in [2.05, 4.69) is 15.6 Å². The van der Waals surface area contributed by atoms with Gasteiger partial charge in [-0.2, -0.15) is 0 Å². The predicted molar refractivity (Wildman–Crippen MR) is 145 cm³/mol. The van der Waals surface area contributed by atoms with Crippen molar-refractivity contribution < 1.29 is 14.3 Å². The summed E-state index contributed by atoms with van der Waals surface area (Å²) in [5, 5.41) is 11.5. The summed E-state index contributed by atoms with van der Waals surface area (Å²) in [4.78, 5) is 29.6. The average Bonchev–Trinajstić information content (AvgIpc) is 3.23. The van der Waals surface area contributed by atoms with Gasteiger partial charge in [-0.15, -0.1) is 5.10 Å². The number of aromatic nitrogens is 3. The Kier molecular flexibility index (Phi) is 7.29. The second-order valence-corrected chi connectivity index (χ2v) is 10.3. The van der Waals surface area contributed by atoms with Gasteiger partial charge in [0, 0.05) is 11.2 Å². The summed E-state index contributed by atoms with van der Waals surface area (Å²) < 4.78 is 7.01. The maximum atomic E-state index is 14.1. The molecule has 0 saturated carbocycles. The molecule has 8 nitrogen and oxygen atoms in total. The van der Waals surface area contributed by atoms with Crippen molar-refractivity contribution in [2.75, 3.05) is 12.0 Å². The summed E-state index contributed by atoms with van der Waals surface area (Å²) in [7, 11) is 1.58. The van der Waals surface area contributed by atoms with E-state index in [-0.39, 0.29) is 18.4 Å². The van der Waals surface area contributed by atoms with Crippen LogP contribution in [0.5, 0.6) is 5.75 Å². The van der Waals surface area contributed by atoms with Crippen molar-refractivity contribution in [3.05, 3.63) is 83.4 Å². The van der Waals surface area contributed by atoms with Crippen LogP contribution < -0.4 is 15.0 Å². The van der Waals surface area contributed by atoms with Crippen LogP contribution in [0.15, 0.2) is 66.7 Å². The standard InChI is InChI=1S/C29H33N5O3/c1-19-14-20(2)16-22(15-19)34(26(35)18-33-25-13-8-7-12-24(25)31-32-33)27(28(36)30-29(3,4)5)21-10-9-11-23(17-21)37-6/h7-17,27H,18H2,1-6H3,(H,30,36). The second kappa shape index (κ2) is 10.4. The number of aryl methyl sites for hydroxylation is 2. The molecule has 0 radical (unpaired) electrons. The lowest BCUT2D eigenvalue weighted by Gasteiger charge is -2.34. The molecule has 1 aromatic heterocycles. The molecular weight excluding hydrogens is 466 g/mol. The number of ether oxygens (including phenoxy) is 1. The van der Waals surface area contributed by atoms with Gasteiger partial charge in [-0.3, -0.25) is 14.5 Å². The van der Waals surface area contributed by atoms with Crippen LogP contribution in [0.2, 0.25) is 0 Å². The molecule has 0 fully saturated rings. The van der Waals surface area contributed by atoms with Gasteiger partial charge in [0.25, 0.3) is 0 Å². The first-order chi connectivity index (χ1) is 17.6. The van der Waals surface area contributed by atoms with E-state index in [1.165, 1.54) is 0 Å². The molecule has 0 spiro atoms. The number of para-hydroxylation sites is 1. The monoisotopic (exact) mass is 499 g/mol. The van der Waals surface area contributed by atoms with E-state index >= 15 is 0 Å². The second-order valence-electron chi connectivity index (χ2n) is 10.3. The van der Waals surface area contributed by atoms with Crippen LogP contribution in [-0.4, -0.2) is 39.5 Å². The number of benzene rings is 3. The van der Waals surface area contributed by atoms with Crippen LogP contribution in [0.3, 0.4) is 0 Å². The van der Waals surface area contributed by atoms with Gasteiger partial charge >= 0.3 is 0 Å². The highest BCUT2D eigenvalue weighted by atomic mass is 16.5. The fraction of sp³-hybridized carbons (Fsp3) is 0.310. The summed E-state index contributed by atoms with van der Waals surface area (Å²) in [5.74, 6) is 0.00962. The molecule has 1 atom stereocenters. The smallest absolute Gasteiger partial charge is 0.249 e. The van der Waals surface area contributed by atoms with E-state index in [1.54, 1.807) is 22.8 Å². The van der Waals surface area contributed by atoms with E-state index in [9.17, 15) is 9.59 Å². The molecular formula is C29H33N5O3. The van der Waals surface area contributed by atoms with Crippen molar-refractivity contribution in [2.24, 2.45) is 0 Å². The van der Waals surface area contributed by atoms with Gasteiger partial charge in [-0.25, -0.2) is 4.68 Å². The van der Waals surface area contributed by atoms with Crippen LogP contribution in [-0.2, 0) is 16.1 Å². The number of anilines is 1. The fourth-order valence-corrected chi connectivity index (χ4v) is 4.43. The Morgan fingerprint density at radius 3 is 2.38 bits per heavy atom. The molecule has 0 bridgehead atoms. The van der Waals surface area contributed by atoms with Crippen LogP contribution in [0.25, 0.3) is 11.0 Å². The van der Waals surface area contributed by atoms with Gasteiger partial charge in [0.2, 0.25) is 11.8 Å². The van der Waals surface area contributed by atoms with Gasteiger partial charge in [0.15, 0.2) is 0 Å². The summed E-state index contributed by atoms with van der Waals surface area (Å²) >= 11 is 0. The van der Waals surface area contributed by atoms with Gasteiger partial charge < -0.3 is 10.1 Å². The van der Waals surface area contributed by atoms with Gasteiger partial charge in [0.05, 0.1) is 12.6 Å². The Hall–Kier alpha value is -4.20. The molecule has 1 unspecified atom stereocenters. The van der Waals surface area contributed by atoms with Gasteiger partial charge in [-0.1, -0.05) is 35.5 Å². The highest BCUT2D eigenvalue weighted by molar-refractivity contribution is 6.02. The van der Waals surface area contributed by atoms with E-state index in [4.69, 9.17) is 4.74 Å². The molecule has 3 aromatic carbocycles. The summed E-state index contributed by atoms with van der Waals surface area (Å²) in [6, 6.07) is 19.7. The van der Waals surface area contributed by atoms with Crippen molar-refractivity contribution in [2.45, 2.75) is 52.7 Å². The largest absolute Gasteiger partial charge is 0.497 e. The molecule has 0 aliphatic rings. The minimum absolute atomic E-state index is 0.0865. The van der Waals surface area contributed by atoms with Crippen molar-refractivity contribution >= 4 is 28.5 Å². The minimum atomic E-state index is -0.946. The number of hydrogen-bond donors (Lipinski definition) is 1. The molecule has 192 valence electrons. The van der Waals surface area contributed by atoms with Crippen molar-refractivity contribution in [1.82, 2.24) is 20.3 Å². The Labute approximate surface area is 217 Å². The predicted octanol–water partition coefficient (Wildman–Crippen LogP) is 4.75. The third-order valence-corrected chi connectivity index (χ3v) is 5.87. The van der Waals surface area contributed by atoms with Crippen molar-refractivity contribution in [1.29, 1.82) is 0 Å². The fourth-order valence-electron chi connectivity index (χ4n) is 4.43. The first-order valence-electron chi connectivity index (χ1n) is 12.2. The molecule has 37 heavy (non-hydrogen) atoms. The number of hydrogen-bond acceptors (Lipinski definition) is 5. The Balaban J connectivity index is 1.87. The zero-order valence-electron chi connectivity index (χ0n) is 22.1. The molecule has 4 aromatic rings. The Morgan fingerprint density at radius 2 is 1.70 bits per heavy atom. The third-order valence-electron chi connectivity index (χ3n) is 5.87. The van der Waals surface area contributed by atoms with Crippen LogP contribution in [0.4, 0.5) is 5.69 Å². The van der Waals surface area contributed by atoms with Gasteiger partial charge in [0.1, 0.15) is 23.9 Å². The lowest BCUT2D eigenvalue weighted by molar-refractivity contribution is -0.128. The first-order valence-corrected chi connectivity index (χ1v) is 12.2. The highest BCUT2D eigenvalue weighted by Gasteiger charge is 2.35. The summed E-state index contributed by atoms with van der Waals surface area (Å²) in [6.07, 6.45) is 0. The Bertz CT molecular complexity index is 1420. The van der Waals surface area contributed by atoms with E-state index < -0.39 is 11.6 Å². The molecule has 8 heteroatoms. The summed E-state index contributed by atoms with van der Waals surface area (Å²) in [6.45, 7) is 9.60. The molecule has 0 aliphatic carbocycles. The zero-order chi connectivity index (χ0) is 26.7. The van der Waals surface area contributed by atoms with Crippen LogP contribution in [0, 0.1) is 13.8 Å². The molecule has 2 amide bonds. The highest BCUT2D eigenvalue weighted by Crippen LogP contribution is 2.32. The number of nitrogens with one attached hydrogen (secondary N) is 1. The lowest BCUT2D eigenvalue weighted by Crippen LogP contribution is -2.50.